The number of Topliss-reactive ketones (excluding diaryl/α,β-unsaturated/α-hetero) is 1. The lowest BCUT2D eigenvalue weighted by Crippen LogP contribution is -2.13. The van der Waals surface area contributed by atoms with E-state index in [0.29, 0.717) is 16.1 Å². The second-order valence-corrected chi connectivity index (χ2v) is 4.69. The zero-order valence-corrected chi connectivity index (χ0v) is 9.97. The van der Waals surface area contributed by atoms with Crippen molar-refractivity contribution in [1.29, 1.82) is 0 Å². The summed E-state index contributed by atoms with van der Waals surface area (Å²) in [5, 5.41) is 9.43. The van der Waals surface area contributed by atoms with Gasteiger partial charge in [-0.25, -0.2) is 0 Å². The number of benzene rings is 1. The molecule has 1 atom stereocenters. The summed E-state index contributed by atoms with van der Waals surface area (Å²) in [4.78, 5) is 11.4. The van der Waals surface area contributed by atoms with Gasteiger partial charge in [-0.15, -0.1) is 0 Å². The fraction of sp³-hybridized carbons (Fsp3) is 0.300. The molecule has 4 heteroatoms. The van der Waals surface area contributed by atoms with Gasteiger partial charge in [0, 0.05) is 5.56 Å². The normalized spacial score (nSPS) is 12.6. The summed E-state index contributed by atoms with van der Waals surface area (Å²) < 4.78 is 0. The van der Waals surface area contributed by atoms with Crippen LogP contribution in [0.3, 0.4) is 0 Å². The lowest BCUT2D eigenvalue weighted by Gasteiger charge is -2.09. The number of alkyl halides is 1. The van der Waals surface area contributed by atoms with Crippen molar-refractivity contribution in [2.75, 3.05) is 0 Å². The molecule has 0 radical (unpaired) electrons. The largest absolute Gasteiger partial charge is 0.392 e. The summed E-state index contributed by atoms with van der Waals surface area (Å²) in [7, 11) is 0. The van der Waals surface area contributed by atoms with Crippen LogP contribution in [-0.4, -0.2) is 15.7 Å². The zero-order chi connectivity index (χ0) is 10.7. The van der Waals surface area contributed by atoms with E-state index in [1.54, 1.807) is 25.1 Å². The van der Waals surface area contributed by atoms with Crippen molar-refractivity contribution in [3.8, 4) is 0 Å². The molecule has 1 N–H and O–H groups in total. The Labute approximate surface area is 96.0 Å². The van der Waals surface area contributed by atoms with Gasteiger partial charge < -0.3 is 5.11 Å². The number of aliphatic hydroxyl groups excluding tert-OH is 1. The molecule has 0 aliphatic rings. The van der Waals surface area contributed by atoms with Gasteiger partial charge in [0.2, 0.25) is 0 Å². The van der Waals surface area contributed by atoms with E-state index in [4.69, 9.17) is 16.7 Å². The fourth-order valence-corrected chi connectivity index (χ4v) is 1.69. The van der Waals surface area contributed by atoms with Crippen molar-refractivity contribution in [1.82, 2.24) is 0 Å². The lowest BCUT2D eigenvalue weighted by molar-refractivity contribution is 0.0993. The summed E-state index contributed by atoms with van der Waals surface area (Å²) in [5.41, 5.74) is 0.967. The second kappa shape index (κ2) is 4.91. The molecule has 0 spiro atoms. The molecule has 0 aromatic heterocycles. The molecule has 0 fully saturated rings. The van der Waals surface area contributed by atoms with Crippen molar-refractivity contribution in [2.24, 2.45) is 0 Å². The Hall–Kier alpha value is -0.380. The van der Waals surface area contributed by atoms with E-state index < -0.39 is 0 Å². The van der Waals surface area contributed by atoms with Crippen LogP contribution in [0, 0.1) is 0 Å². The lowest BCUT2D eigenvalue weighted by atomic mass is 10.0. The van der Waals surface area contributed by atoms with Crippen LogP contribution in [0.25, 0.3) is 0 Å². The predicted octanol–water partition coefficient (Wildman–Crippen LogP) is 2.80. The Morgan fingerprint density at radius 1 is 1.64 bits per heavy atom. The number of hydrogen-bond acceptors (Lipinski definition) is 2. The quantitative estimate of drug-likeness (QED) is 0.681. The highest BCUT2D eigenvalue weighted by Crippen LogP contribution is 2.23. The summed E-state index contributed by atoms with van der Waals surface area (Å²) in [6.07, 6.45) is 0. The van der Waals surface area contributed by atoms with Crippen LogP contribution in [0.4, 0.5) is 0 Å². The summed E-state index contributed by atoms with van der Waals surface area (Å²) in [6, 6.07) is 5.04. The Morgan fingerprint density at radius 3 is 2.79 bits per heavy atom. The zero-order valence-electron chi connectivity index (χ0n) is 7.63. The predicted molar refractivity (Wildman–Crippen MR) is 60.1 cm³/mol. The number of halogens is 2. The molecule has 1 aromatic carbocycles. The van der Waals surface area contributed by atoms with Gasteiger partial charge >= 0.3 is 0 Å². The molecule has 1 unspecified atom stereocenters. The molecule has 0 heterocycles. The Balaban J connectivity index is 3.23. The van der Waals surface area contributed by atoms with E-state index in [9.17, 15) is 4.79 Å². The van der Waals surface area contributed by atoms with Gasteiger partial charge in [0.25, 0.3) is 0 Å². The van der Waals surface area contributed by atoms with Crippen molar-refractivity contribution in [2.45, 2.75) is 18.4 Å². The van der Waals surface area contributed by atoms with Gasteiger partial charge in [-0.2, -0.15) is 0 Å². The fourth-order valence-electron chi connectivity index (χ4n) is 1.18. The van der Waals surface area contributed by atoms with Crippen LogP contribution in [0.2, 0.25) is 5.02 Å². The smallest absolute Gasteiger partial charge is 0.178 e. The third-order valence-electron chi connectivity index (χ3n) is 1.88. The molecule has 1 rings (SSSR count). The number of ketones is 1. The number of aliphatic hydroxyl groups is 1. The first kappa shape index (κ1) is 11.7. The first-order valence-corrected chi connectivity index (χ1v) is 5.43. The number of hydrogen-bond donors (Lipinski definition) is 1. The summed E-state index contributed by atoms with van der Waals surface area (Å²) in [5.74, 6) is -0.111. The average Bonchev–Trinajstić information content (AvgIpc) is 2.16. The van der Waals surface area contributed by atoms with Gasteiger partial charge in [0.15, 0.2) is 5.78 Å². The van der Waals surface area contributed by atoms with Crippen LogP contribution < -0.4 is 0 Å². The minimum atomic E-state index is -0.298. The monoisotopic (exact) mass is 276 g/mol. The highest BCUT2D eigenvalue weighted by molar-refractivity contribution is 9.10. The Kier molecular flexibility index (Phi) is 4.11. The third kappa shape index (κ3) is 2.35. The molecular weight excluding hydrogens is 267 g/mol. The van der Waals surface area contributed by atoms with Crippen LogP contribution in [0.15, 0.2) is 18.2 Å². The first-order chi connectivity index (χ1) is 6.57. The highest BCUT2D eigenvalue weighted by atomic mass is 79.9. The van der Waals surface area contributed by atoms with E-state index in [-0.39, 0.29) is 17.2 Å². The van der Waals surface area contributed by atoms with E-state index in [1.165, 1.54) is 0 Å². The second-order valence-electron chi connectivity index (χ2n) is 2.91. The minimum Gasteiger partial charge on any atom is -0.392 e. The van der Waals surface area contributed by atoms with Crippen molar-refractivity contribution in [3.63, 3.8) is 0 Å². The number of rotatable bonds is 3. The van der Waals surface area contributed by atoms with Gasteiger partial charge in [-0.05, 0) is 18.6 Å². The average molecular weight is 278 g/mol. The van der Waals surface area contributed by atoms with Gasteiger partial charge in [-0.3, -0.25) is 4.79 Å². The Bertz CT molecular complexity index is 350. The van der Waals surface area contributed by atoms with E-state index >= 15 is 0 Å². The maximum absolute atomic E-state index is 11.7. The molecular formula is C10H10BrClO2. The van der Waals surface area contributed by atoms with E-state index in [1.807, 2.05) is 0 Å². The van der Waals surface area contributed by atoms with Gasteiger partial charge in [0.1, 0.15) is 0 Å². The molecule has 1 aromatic rings. The molecule has 0 amide bonds. The molecule has 0 saturated heterocycles. The topological polar surface area (TPSA) is 37.3 Å². The summed E-state index contributed by atoms with van der Waals surface area (Å²) in [6.45, 7) is 1.55. The maximum Gasteiger partial charge on any atom is 0.178 e. The van der Waals surface area contributed by atoms with Crippen LogP contribution >= 0.6 is 27.5 Å². The molecule has 0 bridgehead atoms. The molecule has 0 aliphatic carbocycles. The van der Waals surface area contributed by atoms with Gasteiger partial charge in [0.05, 0.1) is 16.5 Å². The standard InChI is InChI=1S/C10H10BrClO2/c1-6(11)10(14)9-7(5-13)3-2-4-8(9)12/h2-4,6,13H,5H2,1H3. The van der Waals surface area contributed by atoms with Crippen molar-refractivity contribution in [3.05, 3.63) is 34.3 Å². The maximum atomic E-state index is 11.7. The molecule has 76 valence electrons. The third-order valence-corrected chi connectivity index (χ3v) is 2.61. The number of carbonyl (C=O) groups excluding carboxylic acids is 1. The molecule has 0 aliphatic heterocycles. The van der Waals surface area contributed by atoms with Crippen LogP contribution in [0.1, 0.15) is 22.8 Å². The van der Waals surface area contributed by atoms with Crippen molar-refractivity contribution >= 4 is 33.3 Å². The van der Waals surface area contributed by atoms with Crippen molar-refractivity contribution < 1.29 is 9.90 Å². The molecule has 0 saturated carbocycles. The van der Waals surface area contributed by atoms with E-state index in [2.05, 4.69) is 15.9 Å². The van der Waals surface area contributed by atoms with Crippen LogP contribution in [0.5, 0.6) is 0 Å². The first-order valence-electron chi connectivity index (χ1n) is 4.14. The van der Waals surface area contributed by atoms with Crippen LogP contribution in [-0.2, 0) is 6.61 Å². The number of carbonyl (C=O) groups is 1. The van der Waals surface area contributed by atoms with Gasteiger partial charge in [-0.1, -0.05) is 39.7 Å². The minimum absolute atomic E-state index is 0.111. The summed E-state index contributed by atoms with van der Waals surface area (Å²) >= 11 is 9.08. The Morgan fingerprint density at radius 2 is 2.29 bits per heavy atom. The molecule has 14 heavy (non-hydrogen) atoms. The molecule has 2 nitrogen and oxygen atoms in total. The highest BCUT2D eigenvalue weighted by Gasteiger charge is 2.18. The SMILES string of the molecule is CC(Br)C(=O)c1c(Cl)cccc1CO. The van der Waals surface area contributed by atoms with E-state index in [0.717, 1.165) is 0 Å².